The Morgan fingerprint density at radius 2 is 2.18 bits per heavy atom. The zero-order valence-electron chi connectivity index (χ0n) is 9.31. The molecule has 2 rings (SSSR count). The molecular weight excluding hydrogens is 226 g/mol. The maximum Gasteiger partial charge on any atom is 0.387 e. The maximum absolute atomic E-state index is 12.1. The summed E-state index contributed by atoms with van der Waals surface area (Å²) >= 11 is 0. The number of hydrogen-bond donors (Lipinski definition) is 0. The highest BCUT2D eigenvalue weighted by molar-refractivity contribution is 5.60. The highest BCUT2D eigenvalue weighted by atomic mass is 19.3. The van der Waals surface area contributed by atoms with Crippen molar-refractivity contribution in [2.45, 2.75) is 20.1 Å². The van der Waals surface area contributed by atoms with Gasteiger partial charge in [0.25, 0.3) is 0 Å². The van der Waals surface area contributed by atoms with E-state index in [0.29, 0.717) is 0 Å². The van der Waals surface area contributed by atoms with Gasteiger partial charge < -0.3 is 4.74 Å². The van der Waals surface area contributed by atoms with Crippen LogP contribution in [0.3, 0.4) is 0 Å². The van der Waals surface area contributed by atoms with Crippen molar-refractivity contribution in [3.05, 3.63) is 36.5 Å². The topological polar surface area (TPSA) is 27.1 Å². The van der Waals surface area contributed by atoms with Crippen LogP contribution in [0.5, 0.6) is 5.75 Å². The predicted octanol–water partition coefficient (Wildman–Crippen LogP) is 3.17. The molecule has 0 saturated carbocycles. The second-order valence-corrected chi connectivity index (χ2v) is 3.46. The van der Waals surface area contributed by atoms with E-state index in [2.05, 4.69) is 9.84 Å². The second-order valence-electron chi connectivity index (χ2n) is 3.46. The summed E-state index contributed by atoms with van der Waals surface area (Å²) < 4.78 is 30.3. The molecule has 1 aromatic heterocycles. The van der Waals surface area contributed by atoms with Crippen LogP contribution < -0.4 is 4.74 Å². The van der Waals surface area contributed by atoms with E-state index in [1.165, 1.54) is 6.07 Å². The molecule has 0 spiro atoms. The largest absolute Gasteiger partial charge is 0.435 e. The van der Waals surface area contributed by atoms with Gasteiger partial charge in [0, 0.05) is 18.3 Å². The van der Waals surface area contributed by atoms with Crippen LogP contribution in [0.1, 0.15) is 6.92 Å². The number of rotatable bonds is 4. The summed E-state index contributed by atoms with van der Waals surface area (Å²) in [6.45, 7) is -0.0567. The molecule has 90 valence electrons. The van der Waals surface area contributed by atoms with E-state index in [4.69, 9.17) is 0 Å². The molecular formula is C12H12F2N2O. The maximum atomic E-state index is 12.1. The lowest BCUT2D eigenvalue weighted by Crippen LogP contribution is -2.01. The van der Waals surface area contributed by atoms with Crippen molar-refractivity contribution in [3.8, 4) is 17.0 Å². The standard InChI is InChI=1S/C12H12F2N2O/c1-2-16-7-6-11(15-16)9-4-3-5-10(8-9)17-12(13)14/h3-8,12H,2H2,1H3. The Bertz CT molecular complexity index is 497. The van der Waals surface area contributed by atoms with Crippen LogP contribution in [0.25, 0.3) is 11.3 Å². The quantitative estimate of drug-likeness (QED) is 0.818. The number of halogens is 2. The van der Waals surface area contributed by atoms with E-state index in [1.807, 2.05) is 19.2 Å². The molecule has 0 amide bonds. The van der Waals surface area contributed by atoms with E-state index < -0.39 is 6.61 Å². The molecule has 2 aromatic rings. The molecule has 1 aromatic carbocycles. The first kappa shape index (κ1) is 11.6. The first-order valence-corrected chi connectivity index (χ1v) is 5.27. The second kappa shape index (κ2) is 4.95. The summed E-state index contributed by atoms with van der Waals surface area (Å²) in [6.07, 6.45) is 1.84. The van der Waals surface area contributed by atoms with Crippen molar-refractivity contribution < 1.29 is 13.5 Å². The SMILES string of the molecule is CCn1ccc(-c2cccc(OC(F)F)c2)n1. The number of aromatic nitrogens is 2. The van der Waals surface area contributed by atoms with Crippen molar-refractivity contribution in [3.63, 3.8) is 0 Å². The van der Waals surface area contributed by atoms with Gasteiger partial charge in [-0.2, -0.15) is 13.9 Å². The molecule has 0 radical (unpaired) electrons. The number of nitrogens with zero attached hydrogens (tertiary/aromatic N) is 2. The number of hydrogen-bond acceptors (Lipinski definition) is 2. The molecule has 1 heterocycles. The molecule has 5 heteroatoms. The third-order valence-corrected chi connectivity index (χ3v) is 2.32. The minimum atomic E-state index is -2.81. The molecule has 0 aliphatic rings. The van der Waals surface area contributed by atoms with E-state index in [0.717, 1.165) is 17.8 Å². The minimum absolute atomic E-state index is 0.142. The van der Waals surface area contributed by atoms with Crippen molar-refractivity contribution in [1.82, 2.24) is 9.78 Å². The number of alkyl halides is 2. The van der Waals surface area contributed by atoms with Crippen molar-refractivity contribution in [2.75, 3.05) is 0 Å². The number of benzene rings is 1. The molecule has 17 heavy (non-hydrogen) atoms. The summed E-state index contributed by atoms with van der Waals surface area (Å²) in [6, 6.07) is 8.35. The van der Waals surface area contributed by atoms with Gasteiger partial charge in [0.05, 0.1) is 5.69 Å². The van der Waals surface area contributed by atoms with Gasteiger partial charge in [0.2, 0.25) is 0 Å². The Labute approximate surface area is 97.6 Å². The van der Waals surface area contributed by atoms with Gasteiger partial charge in [-0.05, 0) is 25.1 Å². The third-order valence-electron chi connectivity index (χ3n) is 2.32. The molecule has 0 aliphatic carbocycles. The van der Waals surface area contributed by atoms with Crippen LogP contribution in [0, 0.1) is 0 Å². The Morgan fingerprint density at radius 1 is 1.35 bits per heavy atom. The Balaban J connectivity index is 2.26. The minimum Gasteiger partial charge on any atom is -0.435 e. The molecule has 0 atom stereocenters. The molecule has 0 bridgehead atoms. The predicted molar refractivity (Wildman–Crippen MR) is 60.0 cm³/mol. The summed E-state index contributed by atoms with van der Waals surface area (Å²) in [5, 5.41) is 4.29. The zero-order chi connectivity index (χ0) is 12.3. The highest BCUT2D eigenvalue weighted by Gasteiger charge is 2.07. The van der Waals surface area contributed by atoms with Crippen LogP contribution in [0.4, 0.5) is 8.78 Å². The monoisotopic (exact) mass is 238 g/mol. The van der Waals surface area contributed by atoms with Gasteiger partial charge >= 0.3 is 6.61 Å². The lowest BCUT2D eigenvalue weighted by Gasteiger charge is -2.05. The summed E-state index contributed by atoms with van der Waals surface area (Å²) in [7, 11) is 0. The average molecular weight is 238 g/mol. The van der Waals surface area contributed by atoms with E-state index in [-0.39, 0.29) is 5.75 Å². The van der Waals surface area contributed by atoms with Gasteiger partial charge in [0.1, 0.15) is 5.75 Å². The lowest BCUT2D eigenvalue weighted by atomic mass is 10.1. The summed E-state index contributed by atoms with van der Waals surface area (Å²) in [5.74, 6) is 0.142. The van der Waals surface area contributed by atoms with Crippen molar-refractivity contribution in [2.24, 2.45) is 0 Å². The summed E-state index contributed by atoms with van der Waals surface area (Å²) in [5.41, 5.74) is 1.50. The van der Waals surface area contributed by atoms with E-state index in [1.54, 1.807) is 22.9 Å². The van der Waals surface area contributed by atoms with Gasteiger partial charge in [-0.25, -0.2) is 0 Å². The van der Waals surface area contributed by atoms with Crippen LogP contribution >= 0.6 is 0 Å². The first-order valence-electron chi connectivity index (χ1n) is 5.27. The van der Waals surface area contributed by atoms with Crippen LogP contribution in [-0.2, 0) is 6.54 Å². The molecule has 3 nitrogen and oxygen atoms in total. The zero-order valence-corrected chi connectivity index (χ0v) is 9.31. The van der Waals surface area contributed by atoms with Crippen LogP contribution in [-0.4, -0.2) is 16.4 Å². The highest BCUT2D eigenvalue weighted by Crippen LogP contribution is 2.23. The molecule has 0 unspecified atom stereocenters. The Hall–Kier alpha value is -1.91. The summed E-state index contributed by atoms with van der Waals surface area (Å²) in [4.78, 5) is 0. The first-order chi connectivity index (χ1) is 8.19. The fourth-order valence-electron chi connectivity index (χ4n) is 1.52. The molecule has 0 N–H and O–H groups in total. The molecule has 0 fully saturated rings. The Kier molecular flexibility index (Phi) is 3.37. The number of aryl methyl sites for hydroxylation is 1. The lowest BCUT2D eigenvalue weighted by molar-refractivity contribution is -0.0498. The van der Waals surface area contributed by atoms with Crippen LogP contribution in [0.2, 0.25) is 0 Å². The third kappa shape index (κ3) is 2.81. The molecule has 0 aliphatic heterocycles. The van der Waals surface area contributed by atoms with Gasteiger partial charge in [-0.15, -0.1) is 0 Å². The Morgan fingerprint density at radius 3 is 2.82 bits per heavy atom. The van der Waals surface area contributed by atoms with Crippen molar-refractivity contribution in [1.29, 1.82) is 0 Å². The fraction of sp³-hybridized carbons (Fsp3) is 0.250. The van der Waals surface area contributed by atoms with Gasteiger partial charge in [-0.3, -0.25) is 4.68 Å². The number of ether oxygens (including phenoxy) is 1. The van der Waals surface area contributed by atoms with Gasteiger partial charge in [-0.1, -0.05) is 12.1 Å². The average Bonchev–Trinajstić information content (AvgIpc) is 2.77. The smallest absolute Gasteiger partial charge is 0.387 e. The van der Waals surface area contributed by atoms with Crippen LogP contribution in [0.15, 0.2) is 36.5 Å². The fourth-order valence-corrected chi connectivity index (χ4v) is 1.52. The molecule has 0 saturated heterocycles. The normalized spacial score (nSPS) is 10.8. The van der Waals surface area contributed by atoms with E-state index in [9.17, 15) is 8.78 Å². The van der Waals surface area contributed by atoms with Crippen molar-refractivity contribution >= 4 is 0 Å². The van der Waals surface area contributed by atoms with E-state index >= 15 is 0 Å². The van der Waals surface area contributed by atoms with Gasteiger partial charge in [0.15, 0.2) is 0 Å².